The second kappa shape index (κ2) is 8.92. The fourth-order valence-corrected chi connectivity index (χ4v) is 2.38. The molecule has 0 heterocycles. The maximum atomic E-state index is 13.5. The topological polar surface area (TPSA) is 58.2 Å². The number of amides is 2. The van der Waals surface area contributed by atoms with Crippen molar-refractivity contribution in [3.63, 3.8) is 0 Å². The Morgan fingerprint density at radius 3 is 2.40 bits per heavy atom. The molecule has 25 heavy (non-hydrogen) atoms. The Hall–Kier alpha value is -2.76. The number of halogens is 2. The Morgan fingerprint density at radius 2 is 1.72 bits per heavy atom. The molecule has 132 valence electrons. The first-order valence-electron chi connectivity index (χ1n) is 8.01. The van der Waals surface area contributed by atoms with Crippen LogP contribution in [0.15, 0.2) is 42.5 Å². The van der Waals surface area contributed by atoms with Crippen LogP contribution in [-0.4, -0.2) is 18.4 Å². The number of hydrogen-bond acceptors (Lipinski definition) is 2. The molecular weight excluding hydrogens is 326 g/mol. The predicted octanol–water partition coefficient (Wildman–Crippen LogP) is 3.21. The Bertz CT molecular complexity index is 746. The molecule has 0 radical (unpaired) electrons. The first kappa shape index (κ1) is 18.6. The molecule has 0 saturated carbocycles. The monoisotopic (exact) mass is 346 g/mol. The van der Waals surface area contributed by atoms with Crippen LogP contribution in [0.2, 0.25) is 0 Å². The van der Waals surface area contributed by atoms with Gasteiger partial charge in [0, 0.05) is 25.6 Å². The van der Waals surface area contributed by atoms with E-state index >= 15 is 0 Å². The molecule has 2 aromatic rings. The largest absolute Gasteiger partial charge is 0.356 e. The minimum Gasteiger partial charge on any atom is -0.356 e. The molecular formula is C19H20F2N2O2. The van der Waals surface area contributed by atoms with Gasteiger partial charge in [-0.3, -0.25) is 9.59 Å². The average molecular weight is 346 g/mol. The third kappa shape index (κ3) is 6.33. The molecule has 0 unspecified atom stereocenters. The van der Waals surface area contributed by atoms with Crippen LogP contribution < -0.4 is 10.6 Å². The average Bonchev–Trinajstić information content (AvgIpc) is 2.57. The van der Waals surface area contributed by atoms with E-state index in [0.717, 1.165) is 29.4 Å². The van der Waals surface area contributed by atoms with Crippen molar-refractivity contribution in [2.45, 2.75) is 26.2 Å². The number of carbonyl (C=O) groups is 2. The van der Waals surface area contributed by atoms with Gasteiger partial charge in [-0.1, -0.05) is 12.1 Å². The Labute approximate surface area is 145 Å². The van der Waals surface area contributed by atoms with Crippen molar-refractivity contribution in [1.82, 2.24) is 5.32 Å². The van der Waals surface area contributed by atoms with Gasteiger partial charge in [0.15, 0.2) is 0 Å². The summed E-state index contributed by atoms with van der Waals surface area (Å²) in [6.45, 7) is 1.89. The van der Waals surface area contributed by atoms with E-state index in [4.69, 9.17) is 0 Å². The number of anilines is 1. The van der Waals surface area contributed by atoms with Crippen LogP contribution in [0.5, 0.6) is 0 Å². The van der Waals surface area contributed by atoms with E-state index in [9.17, 15) is 18.4 Å². The van der Waals surface area contributed by atoms with Crippen molar-refractivity contribution in [1.29, 1.82) is 0 Å². The van der Waals surface area contributed by atoms with Crippen LogP contribution in [0.25, 0.3) is 0 Å². The summed E-state index contributed by atoms with van der Waals surface area (Å²) in [4.78, 5) is 22.7. The summed E-state index contributed by atoms with van der Waals surface area (Å²) in [5.74, 6) is -1.36. The van der Waals surface area contributed by atoms with Gasteiger partial charge in [0.05, 0.1) is 0 Å². The van der Waals surface area contributed by atoms with Crippen LogP contribution in [0, 0.1) is 11.6 Å². The third-order valence-electron chi connectivity index (χ3n) is 3.64. The van der Waals surface area contributed by atoms with Gasteiger partial charge in [0.2, 0.25) is 11.8 Å². The molecule has 2 N–H and O–H groups in total. The van der Waals surface area contributed by atoms with Gasteiger partial charge >= 0.3 is 0 Å². The van der Waals surface area contributed by atoms with Crippen LogP contribution in [0.4, 0.5) is 14.5 Å². The Morgan fingerprint density at radius 1 is 1.00 bits per heavy atom. The van der Waals surface area contributed by atoms with Gasteiger partial charge in [-0.05, 0) is 54.3 Å². The fraction of sp³-hybridized carbons (Fsp3) is 0.263. The van der Waals surface area contributed by atoms with Gasteiger partial charge in [-0.2, -0.15) is 0 Å². The zero-order valence-corrected chi connectivity index (χ0v) is 13.9. The molecule has 0 bridgehead atoms. The molecule has 2 amide bonds. The smallest absolute Gasteiger partial charge is 0.221 e. The quantitative estimate of drug-likeness (QED) is 0.809. The van der Waals surface area contributed by atoms with Crippen molar-refractivity contribution in [3.8, 4) is 0 Å². The van der Waals surface area contributed by atoms with E-state index in [1.807, 2.05) is 12.1 Å². The van der Waals surface area contributed by atoms with Crippen LogP contribution in [-0.2, 0) is 22.4 Å². The number of carbonyl (C=O) groups excluding carboxylic acids is 2. The summed E-state index contributed by atoms with van der Waals surface area (Å²) in [6.07, 6.45) is 0.892. The number of rotatable bonds is 7. The van der Waals surface area contributed by atoms with Gasteiger partial charge < -0.3 is 10.6 Å². The lowest BCUT2D eigenvalue weighted by atomic mass is 10.1. The fourth-order valence-electron chi connectivity index (χ4n) is 2.38. The van der Waals surface area contributed by atoms with Crippen LogP contribution in [0.3, 0.4) is 0 Å². The zero-order valence-electron chi connectivity index (χ0n) is 13.9. The van der Waals surface area contributed by atoms with E-state index in [1.54, 1.807) is 12.1 Å². The summed E-state index contributed by atoms with van der Waals surface area (Å²) in [5.41, 5.74) is 1.94. The molecule has 0 saturated heterocycles. The molecule has 0 aliphatic heterocycles. The molecule has 0 aromatic heterocycles. The lowest BCUT2D eigenvalue weighted by molar-refractivity contribution is -0.121. The van der Waals surface area contributed by atoms with Gasteiger partial charge in [-0.15, -0.1) is 0 Å². The number of nitrogens with one attached hydrogen (secondary N) is 2. The van der Waals surface area contributed by atoms with Gasteiger partial charge in [0.25, 0.3) is 0 Å². The molecule has 0 aliphatic rings. The van der Waals surface area contributed by atoms with E-state index in [-0.39, 0.29) is 30.2 Å². The Kier molecular flexibility index (Phi) is 6.62. The van der Waals surface area contributed by atoms with E-state index in [1.165, 1.54) is 6.92 Å². The maximum Gasteiger partial charge on any atom is 0.221 e. The van der Waals surface area contributed by atoms with Gasteiger partial charge in [-0.25, -0.2) is 8.78 Å². The van der Waals surface area contributed by atoms with Crippen molar-refractivity contribution >= 4 is 17.5 Å². The highest BCUT2D eigenvalue weighted by Gasteiger charge is 2.07. The third-order valence-corrected chi connectivity index (χ3v) is 3.64. The summed E-state index contributed by atoms with van der Waals surface area (Å²) in [6, 6.07) is 10.6. The highest BCUT2D eigenvalue weighted by atomic mass is 19.1. The van der Waals surface area contributed by atoms with Crippen molar-refractivity contribution in [2.24, 2.45) is 0 Å². The van der Waals surface area contributed by atoms with Crippen molar-refractivity contribution in [2.75, 3.05) is 11.9 Å². The highest BCUT2D eigenvalue weighted by molar-refractivity contribution is 5.88. The summed E-state index contributed by atoms with van der Waals surface area (Å²) < 4.78 is 26.6. The standard InChI is InChI=1S/C19H20F2N2O2/c1-13(24)23-17-6-2-14(3-7-17)10-11-22-19(25)9-4-15-12-16(20)5-8-18(15)21/h2-3,5-8,12H,4,9-11H2,1H3,(H,22,25)(H,23,24). The minimum absolute atomic E-state index is 0.0991. The molecule has 0 atom stereocenters. The summed E-state index contributed by atoms with van der Waals surface area (Å²) >= 11 is 0. The molecule has 2 rings (SSSR count). The number of aryl methyl sites for hydroxylation is 1. The molecule has 6 heteroatoms. The van der Waals surface area contributed by atoms with E-state index in [0.29, 0.717) is 13.0 Å². The molecule has 4 nitrogen and oxygen atoms in total. The Balaban J connectivity index is 1.73. The van der Waals surface area contributed by atoms with E-state index < -0.39 is 11.6 Å². The molecule has 0 aliphatic carbocycles. The summed E-state index contributed by atoms with van der Waals surface area (Å²) in [7, 11) is 0. The maximum absolute atomic E-state index is 13.5. The first-order chi connectivity index (χ1) is 11.9. The molecule has 2 aromatic carbocycles. The molecule has 0 spiro atoms. The summed E-state index contributed by atoms with van der Waals surface area (Å²) in [5, 5.41) is 5.44. The zero-order chi connectivity index (χ0) is 18.2. The lowest BCUT2D eigenvalue weighted by Gasteiger charge is -2.07. The predicted molar refractivity (Wildman–Crippen MR) is 92.1 cm³/mol. The number of hydrogen-bond donors (Lipinski definition) is 2. The van der Waals surface area contributed by atoms with E-state index in [2.05, 4.69) is 10.6 Å². The van der Waals surface area contributed by atoms with Crippen molar-refractivity contribution < 1.29 is 18.4 Å². The van der Waals surface area contributed by atoms with Crippen LogP contribution in [0.1, 0.15) is 24.5 Å². The van der Waals surface area contributed by atoms with Crippen molar-refractivity contribution in [3.05, 3.63) is 65.2 Å². The normalized spacial score (nSPS) is 10.4. The lowest BCUT2D eigenvalue weighted by Crippen LogP contribution is -2.26. The second-order valence-electron chi connectivity index (χ2n) is 5.71. The van der Waals surface area contributed by atoms with Crippen LogP contribution >= 0.6 is 0 Å². The second-order valence-corrected chi connectivity index (χ2v) is 5.71. The highest BCUT2D eigenvalue weighted by Crippen LogP contribution is 2.12. The number of benzene rings is 2. The first-order valence-corrected chi connectivity index (χ1v) is 8.01. The minimum atomic E-state index is -0.514. The van der Waals surface area contributed by atoms with Gasteiger partial charge in [0.1, 0.15) is 11.6 Å². The SMILES string of the molecule is CC(=O)Nc1ccc(CCNC(=O)CCc2cc(F)ccc2F)cc1. The molecule has 0 fully saturated rings.